The molecule has 0 aliphatic rings. The molecule has 1 heterocycles. The Balaban J connectivity index is 1.42. The van der Waals surface area contributed by atoms with Crippen LogP contribution >= 0.6 is 11.6 Å². The van der Waals surface area contributed by atoms with Gasteiger partial charge in [0.2, 0.25) is 5.89 Å². The van der Waals surface area contributed by atoms with Crippen LogP contribution in [0.3, 0.4) is 0 Å². The summed E-state index contributed by atoms with van der Waals surface area (Å²) in [6.07, 6.45) is 0. The third kappa shape index (κ3) is 4.96. The van der Waals surface area contributed by atoms with Crippen LogP contribution in [0, 0.1) is 6.92 Å². The predicted molar refractivity (Wildman–Crippen MR) is 121 cm³/mol. The molecule has 10 heteroatoms. The number of hydrogen-bond acceptors (Lipinski definition) is 6. The first-order valence-corrected chi connectivity index (χ1v) is 11.3. The standard InChI is InChI=1S/C22H17ClN4O4S/c1-14-2-12-19(13-3-14)32(29,30)27-18-10-6-15(7-11-18)20(28)24-22-26-25-21(31-22)16-4-8-17(23)9-5-16/h2-13,27H,1H3,(H,24,26,28). The maximum Gasteiger partial charge on any atom is 0.322 e. The van der Waals surface area contributed by atoms with Crippen LogP contribution in [0.5, 0.6) is 0 Å². The Labute approximate surface area is 189 Å². The number of benzene rings is 3. The van der Waals surface area contributed by atoms with Crippen LogP contribution in [0.25, 0.3) is 11.5 Å². The normalized spacial score (nSPS) is 11.2. The number of halogens is 1. The van der Waals surface area contributed by atoms with Gasteiger partial charge in [0.25, 0.3) is 15.9 Å². The Morgan fingerprint density at radius 3 is 2.22 bits per heavy atom. The van der Waals surface area contributed by atoms with E-state index < -0.39 is 15.9 Å². The van der Waals surface area contributed by atoms with Crippen molar-refractivity contribution < 1.29 is 17.6 Å². The molecule has 3 aromatic carbocycles. The van der Waals surface area contributed by atoms with Crippen LogP contribution in [0.2, 0.25) is 5.02 Å². The van der Waals surface area contributed by atoms with E-state index >= 15 is 0 Å². The number of carbonyl (C=O) groups excluding carboxylic acids is 1. The van der Waals surface area contributed by atoms with E-state index in [1.807, 2.05) is 6.92 Å². The summed E-state index contributed by atoms with van der Waals surface area (Å²) >= 11 is 5.86. The third-order valence-electron chi connectivity index (χ3n) is 4.47. The first kappa shape index (κ1) is 21.5. The number of amides is 1. The first-order valence-electron chi connectivity index (χ1n) is 9.40. The molecule has 0 fully saturated rings. The molecule has 0 bridgehead atoms. The van der Waals surface area contributed by atoms with Crippen molar-refractivity contribution in [2.75, 3.05) is 10.0 Å². The fraction of sp³-hybridized carbons (Fsp3) is 0.0455. The molecular formula is C22H17ClN4O4S. The van der Waals surface area contributed by atoms with Crippen molar-refractivity contribution in [2.24, 2.45) is 0 Å². The lowest BCUT2D eigenvalue weighted by molar-refractivity contribution is 0.102. The maximum absolute atomic E-state index is 12.5. The molecule has 1 amide bonds. The second-order valence-corrected chi connectivity index (χ2v) is 8.99. The molecule has 8 nitrogen and oxygen atoms in total. The largest absolute Gasteiger partial charge is 0.403 e. The molecule has 0 atom stereocenters. The Morgan fingerprint density at radius 1 is 0.906 bits per heavy atom. The Bertz CT molecular complexity index is 1350. The summed E-state index contributed by atoms with van der Waals surface area (Å²) in [6, 6.07) is 19.2. The van der Waals surface area contributed by atoms with Crippen LogP contribution < -0.4 is 10.0 Å². The van der Waals surface area contributed by atoms with Crippen molar-refractivity contribution in [3.05, 3.63) is 88.9 Å². The summed E-state index contributed by atoms with van der Waals surface area (Å²) in [4.78, 5) is 12.6. The van der Waals surface area contributed by atoms with Gasteiger partial charge >= 0.3 is 6.01 Å². The summed E-state index contributed by atoms with van der Waals surface area (Å²) in [7, 11) is -3.73. The molecule has 0 saturated heterocycles. The van der Waals surface area contributed by atoms with Crippen LogP contribution in [0.1, 0.15) is 15.9 Å². The summed E-state index contributed by atoms with van der Waals surface area (Å²) in [5.41, 5.74) is 2.23. The maximum atomic E-state index is 12.5. The predicted octanol–water partition coefficient (Wildman–Crippen LogP) is 4.75. The zero-order valence-corrected chi connectivity index (χ0v) is 18.3. The number of nitrogens with zero attached hydrogens (tertiary/aromatic N) is 2. The number of nitrogens with one attached hydrogen (secondary N) is 2. The molecule has 4 aromatic rings. The Kier molecular flexibility index (Phi) is 5.93. The zero-order valence-electron chi connectivity index (χ0n) is 16.7. The Morgan fingerprint density at radius 2 is 1.56 bits per heavy atom. The van der Waals surface area contributed by atoms with E-state index in [-0.39, 0.29) is 22.4 Å². The highest BCUT2D eigenvalue weighted by Crippen LogP contribution is 2.22. The van der Waals surface area contributed by atoms with Crippen molar-refractivity contribution in [3.63, 3.8) is 0 Å². The number of aryl methyl sites for hydroxylation is 1. The minimum absolute atomic E-state index is 0.0656. The summed E-state index contributed by atoms with van der Waals surface area (Å²) in [5.74, 6) is -0.248. The lowest BCUT2D eigenvalue weighted by Gasteiger charge is -2.09. The molecule has 0 unspecified atom stereocenters. The summed E-state index contributed by atoms with van der Waals surface area (Å²) in [6.45, 7) is 1.88. The SMILES string of the molecule is Cc1ccc(S(=O)(=O)Nc2ccc(C(=O)Nc3nnc(-c4ccc(Cl)cc4)o3)cc2)cc1. The van der Waals surface area contributed by atoms with Crippen molar-refractivity contribution in [1.82, 2.24) is 10.2 Å². The average molecular weight is 469 g/mol. The van der Waals surface area contributed by atoms with Gasteiger partial charge in [-0.3, -0.25) is 14.8 Å². The van der Waals surface area contributed by atoms with Gasteiger partial charge in [-0.15, -0.1) is 5.10 Å². The molecule has 0 aliphatic carbocycles. The highest BCUT2D eigenvalue weighted by atomic mass is 35.5. The summed E-state index contributed by atoms with van der Waals surface area (Å²) in [5, 5.41) is 10.8. The van der Waals surface area contributed by atoms with E-state index in [4.69, 9.17) is 16.0 Å². The number of hydrogen-bond donors (Lipinski definition) is 2. The van der Waals surface area contributed by atoms with E-state index in [1.54, 1.807) is 36.4 Å². The number of carbonyl (C=O) groups is 1. The van der Waals surface area contributed by atoms with Gasteiger partial charge < -0.3 is 4.42 Å². The van der Waals surface area contributed by atoms with Crippen LogP contribution in [0.15, 0.2) is 82.1 Å². The number of rotatable bonds is 6. The first-order chi connectivity index (χ1) is 15.3. The minimum atomic E-state index is -3.73. The van der Waals surface area contributed by atoms with Gasteiger partial charge in [-0.2, -0.15) is 0 Å². The molecule has 0 spiro atoms. The van der Waals surface area contributed by atoms with Gasteiger partial charge in [0.15, 0.2) is 0 Å². The molecule has 0 radical (unpaired) electrons. The van der Waals surface area contributed by atoms with Crippen LogP contribution in [-0.4, -0.2) is 24.5 Å². The van der Waals surface area contributed by atoms with Gasteiger partial charge in [-0.05, 0) is 67.6 Å². The smallest absolute Gasteiger partial charge is 0.322 e. The van der Waals surface area contributed by atoms with Crippen LogP contribution in [-0.2, 0) is 10.0 Å². The highest BCUT2D eigenvalue weighted by Gasteiger charge is 2.16. The van der Waals surface area contributed by atoms with Gasteiger partial charge in [-0.1, -0.05) is 34.4 Å². The molecule has 4 rings (SSSR count). The number of anilines is 2. The van der Waals surface area contributed by atoms with Crippen molar-refractivity contribution in [3.8, 4) is 11.5 Å². The molecule has 162 valence electrons. The molecule has 1 aromatic heterocycles. The highest BCUT2D eigenvalue weighted by molar-refractivity contribution is 7.92. The van der Waals surface area contributed by atoms with E-state index in [1.165, 1.54) is 36.4 Å². The molecular weight excluding hydrogens is 452 g/mol. The molecule has 2 N–H and O–H groups in total. The monoisotopic (exact) mass is 468 g/mol. The van der Waals surface area contributed by atoms with Gasteiger partial charge in [0, 0.05) is 21.8 Å². The second-order valence-electron chi connectivity index (χ2n) is 6.87. The van der Waals surface area contributed by atoms with Crippen molar-refractivity contribution >= 4 is 39.2 Å². The fourth-order valence-electron chi connectivity index (χ4n) is 2.77. The van der Waals surface area contributed by atoms with E-state index in [0.717, 1.165) is 5.56 Å². The number of aromatic nitrogens is 2. The fourth-order valence-corrected chi connectivity index (χ4v) is 3.96. The topological polar surface area (TPSA) is 114 Å². The molecule has 0 saturated carbocycles. The van der Waals surface area contributed by atoms with E-state index in [0.29, 0.717) is 16.3 Å². The second kappa shape index (κ2) is 8.81. The van der Waals surface area contributed by atoms with Crippen molar-refractivity contribution in [2.45, 2.75) is 11.8 Å². The lowest BCUT2D eigenvalue weighted by Crippen LogP contribution is -2.14. The van der Waals surface area contributed by atoms with E-state index in [2.05, 4.69) is 20.2 Å². The van der Waals surface area contributed by atoms with Crippen molar-refractivity contribution in [1.29, 1.82) is 0 Å². The quantitative estimate of drug-likeness (QED) is 0.422. The molecule has 32 heavy (non-hydrogen) atoms. The van der Waals surface area contributed by atoms with Gasteiger partial charge in [-0.25, -0.2) is 8.42 Å². The minimum Gasteiger partial charge on any atom is -0.403 e. The average Bonchev–Trinajstić information content (AvgIpc) is 3.23. The van der Waals surface area contributed by atoms with Gasteiger partial charge in [0.05, 0.1) is 4.90 Å². The summed E-state index contributed by atoms with van der Waals surface area (Å²) < 4.78 is 32.9. The van der Waals surface area contributed by atoms with E-state index in [9.17, 15) is 13.2 Å². The third-order valence-corrected chi connectivity index (χ3v) is 6.12. The Hall–Kier alpha value is -3.69. The van der Waals surface area contributed by atoms with Gasteiger partial charge in [0.1, 0.15) is 0 Å². The van der Waals surface area contributed by atoms with Crippen LogP contribution in [0.4, 0.5) is 11.7 Å². The lowest BCUT2D eigenvalue weighted by atomic mass is 10.2. The zero-order chi connectivity index (χ0) is 22.7. The molecule has 0 aliphatic heterocycles. The number of sulfonamides is 1.